The number of likely N-dealkylation sites (tertiary alicyclic amines) is 1. The van der Waals surface area contributed by atoms with E-state index in [2.05, 4.69) is 39.6 Å². The largest absolute Gasteiger partial charge is 0.306 e. The van der Waals surface area contributed by atoms with Crippen molar-refractivity contribution in [2.75, 3.05) is 20.1 Å². The highest BCUT2D eigenvalue weighted by Gasteiger charge is 2.46. The summed E-state index contributed by atoms with van der Waals surface area (Å²) in [4.78, 5) is 2.56. The molecule has 1 heterocycles. The van der Waals surface area contributed by atoms with Gasteiger partial charge < -0.3 is 4.90 Å². The van der Waals surface area contributed by atoms with Gasteiger partial charge in [-0.2, -0.15) is 0 Å². The molecule has 0 saturated carbocycles. The molecule has 2 atom stereocenters. The summed E-state index contributed by atoms with van der Waals surface area (Å²) in [6, 6.07) is 0. The first-order valence-corrected chi connectivity index (χ1v) is 10.2. The second-order valence-corrected chi connectivity index (χ2v) is 8.58. The first kappa shape index (κ1) is 20.0. The maximum Gasteiger partial charge on any atom is 0.00380 e. The van der Waals surface area contributed by atoms with Gasteiger partial charge in [0.15, 0.2) is 0 Å². The molecule has 2 unspecified atom stereocenters. The third kappa shape index (κ3) is 5.87. The Morgan fingerprint density at radius 1 is 0.864 bits per heavy atom. The highest BCUT2D eigenvalue weighted by molar-refractivity contribution is 4.98. The summed E-state index contributed by atoms with van der Waals surface area (Å²) >= 11 is 0. The van der Waals surface area contributed by atoms with Crippen molar-refractivity contribution >= 4 is 0 Å². The Morgan fingerprint density at radius 2 is 1.36 bits per heavy atom. The Kier molecular flexibility index (Phi) is 9.05. The lowest BCUT2D eigenvalue weighted by molar-refractivity contribution is 0.0525. The van der Waals surface area contributed by atoms with Crippen molar-refractivity contribution < 1.29 is 0 Å². The molecule has 22 heavy (non-hydrogen) atoms. The van der Waals surface area contributed by atoms with Crippen LogP contribution < -0.4 is 0 Å². The summed E-state index contributed by atoms with van der Waals surface area (Å²) in [6.07, 6.45) is 17.1. The standard InChI is InChI=1S/C21H43N/c1-6-8-10-12-14-16-20(3,15-13-11-9-7-2)21(4)17-18-22(5)19-21/h6-19H2,1-5H3. The summed E-state index contributed by atoms with van der Waals surface area (Å²) in [5, 5.41) is 0. The van der Waals surface area contributed by atoms with Gasteiger partial charge in [0.1, 0.15) is 0 Å². The fourth-order valence-electron chi connectivity index (χ4n) is 4.47. The Hall–Kier alpha value is -0.0400. The van der Waals surface area contributed by atoms with Crippen LogP contribution in [-0.2, 0) is 0 Å². The first-order chi connectivity index (χ1) is 10.5. The Balaban J connectivity index is 2.55. The minimum Gasteiger partial charge on any atom is -0.306 e. The topological polar surface area (TPSA) is 3.24 Å². The highest BCUT2D eigenvalue weighted by Crippen LogP contribution is 2.51. The molecule has 0 aromatic heterocycles. The summed E-state index contributed by atoms with van der Waals surface area (Å²) in [5.41, 5.74) is 1.09. The zero-order chi connectivity index (χ0) is 16.5. The highest BCUT2D eigenvalue weighted by atomic mass is 15.1. The maximum atomic E-state index is 2.62. The van der Waals surface area contributed by atoms with Crippen LogP contribution in [-0.4, -0.2) is 25.0 Å². The van der Waals surface area contributed by atoms with Gasteiger partial charge in [0, 0.05) is 6.54 Å². The van der Waals surface area contributed by atoms with E-state index in [9.17, 15) is 0 Å². The monoisotopic (exact) mass is 309 g/mol. The van der Waals surface area contributed by atoms with Gasteiger partial charge in [-0.25, -0.2) is 0 Å². The van der Waals surface area contributed by atoms with Crippen molar-refractivity contribution in [3.8, 4) is 0 Å². The molecule has 132 valence electrons. The quantitative estimate of drug-likeness (QED) is 0.364. The van der Waals surface area contributed by atoms with Crippen LogP contribution in [0.15, 0.2) is 0 Å². The average molecular weight is 310 g/mol. The average Bonchev–Trinajstić information content (AvgIpc) is 2.85. The molecule has 0 spiro atoms. The normalized spacial score (nSPS) is 25.5. The smallest absolute Gasteiger partial charge is 0.00380 e. The van der Waals surface area contributed by atoms with Crippen molar-refractivity contribution in [3.63, 3.8) is 0 Å². The number of unbranched alkanes of at least 4 members (excludes halogenated alkanes) is 7. The second-order valence-electron chi connectivity index (χ2n) is 8.58. The Bertz CT molecular complexity index is 288. The number of hydrogen-bond donors (Lipinski definition) is 0. The van der Waals surface area contributed by atoms with Gasteiger partial charge in [0.2, 0.25) is 0 Å². The van der Waals surface area contributed by atoms with Crippen molar-refractivity contribution in [1.82, 2.24) is 4.90 Å². The molecule has 0 radical (unpaired) electrons. The molecule has 0 aromatic rings. The fraction of sp³-hybridized carbons (Fsp3) is 1.00. The Labute approximate surface area is 141 Å². The van der Waals surface area contributed by atoms with Crippen LogP contribution in [0.5, 0.6) is 0 Å². The van der Waals surface area contributed by atoms with Crippen molar-refractivity contribution in [2.24, 2.45) is 10.8 Å². The molecule has 0 N–H and O–H groups in total. The lowest BCUT2D eigenvalue weighted by Crippen LogP contribution is -2.39. The number of nitrogens with zero attached hydrogens (tertiary/aromatic N) is 1. The van der Waals surface area contributed by atoms with Gasteiger partial charge in [-0.15, -0.1) is 0 Å². The van der Waals surface area contributed by atoms with E-state index in [1.54, 1.807) is 0 Å². The summed E-state index contributed by atoms with van der Waals surface area (Å²) in [5.74, 6) is 0. The molecule has 1 nitrogen and oxygen atoms in total. The van der Waals surface area contributed by atoms with E-state index < -0.39 is 0 Å². The molecule has 0 amide bonds. The van der Waals surface area contributed by atoms with Crippen LogP contribution >= 0.6 is 0 Å². The van der Waals surface area contributed by atoms with Crippen molar-refractivity contribution in [1.29, 1.82) is 0 Å². The van der Waals surface area contributed by atoms with E-state index in [0.717, 1.165) is 0 Å². The SMILES string of the molecule is CCCCCCCC(C)(CCCCCC)C1(C)CCN(C)C1. The zero-order valence-electron chi connectivity index (χ0n) is 16.3. The molecule has 1 rings (SSSR count). The van der Waals surface area contributed by atoms with Gasteiger partial charge in [0.25, 0.3) is 0 Å². The van der Waals surface area contributed by atoms with Crippen LogP contribution in [0.4, 0.5) is 0 Å². The van der Waals surface area contributed by atoms with E-state index in [1.807, 2.05) is 0 Å². The third-order valence-corrected chi connectivity index (χ3v) is 6.54. The van der Waals surface area contributed by atoms with Crippen LogP contribution in [0.25, 0.3) is 0 Å². The molecule has 1 aliphatic rings. The van der Waals surface area contributed by atoms with Gasteiger partial charge in [-0.3, -0.25) is 0 Å². The van der Waals surface area contributed by atoms with E-state index >= 15 is 0 Å². The van der Waals surface area contributed by atoms with E-state index in [0.29, 0.717) is 10.8 Å². The molecule has 1 heteroatoms. The zero-order valence-corrected chi connectivity index (χ0v) is 16.3. The molecular weight excluding hydrogens is 266 g/mol. The van der Waals surface area contributed by atoms with E-state index in [4.69, 9.17) is 0 Å². The molecule has 1 saturated heterocycles. The van der Waals surface area contributed by atoms with Gasteiger partial charge >= 0.3 is 0 Å². The van der Waals surface area contributed by atoms with Gasteiger partial charge in [0.05, 0.1) is 0 Å². The molecule has 0 aromatic carbocycles. The van der Waals surface area contributed by atoms with E-state index in [-0.39, 0.29) is 0 Å². The summed E-state index contributed by atoms with van der Waals surface area (Å²) in [7, 11) is 2.31. The fourth-order valence-corrected chi connectivity index (χ4v) is 4.47. The van der Waals surface area contributed by atoms with Crippen LogP contribution in [0.3, 0.4) is 0 Å². The van der Waals surface area contributed by atoms with Crippen LogP contribution in [0.2, 0.25) is 0 Å². The molecule has 1 fully saturated rings. The van der Waals surface area contributed by atoms with E-state index in [1.165, 1.54) is 90.1 Å². The van der Waals surface area contributed by atoms with Gasteiger partial charge in [-0.05, 0) is 43.7 Å². The van der Waals surface area contributed by atoms with Crippen molar-refractivity contribution in [3.05, 3.63) is 0 Å². The molecule has 0 bridgehead atoms. The predicted molar refractivity (Wildman–Crippen MR) is 100 cm³/mol. The van der Waals surface area contributed by atoms with Gasteiger partial charge in [-0.1, -0.05) is 85.5 Å². The van der Waals surface area contributed by atoms with Crippen LogP contribution in [0.1, 0.15) is 105 Å². The lowest BCUT2D eigenvalue weighted by atomic mass is 9.60. The third-order valence-electron chi connectivity index (χ3n) is 6.54. The summed E-state index contributed by atoms with van der Waals surface area (Å²) in [6.45, 7) is 12.5. The molecular formula is C21H43N. The maximum absolute atomic E-state index is 2.62. The lowest BCUT2D eigenvalue weighted by Gasteiger charge is -2.45. The molecule has 1 aliphatic heterocycles. The first-order valence-electron chi connectivity index (χ1n) is 10.2. The minimum atomic E-state index is 0.540. The minimum absolute atomic E-state index is 0.540. The summed E-state index contributed by atoms with van der Waals surface area (Å²) < 4.78 is 0. The van der Waals surface area contributed by atoms with Crippen LogP contribution in [0, 0.1) is 10.8 Å². The second kappa shape index (κ2) is 9.96. The Morgan fingerprint density at radius 3 is 1.82 bits per heavy atom. The van der Waals surface area contributed by atoms with Crippen molar-refractivity contribution in [2.45, 2.75) is 105 Å². The number of hydrogen-bond acceptors (Lipinski definition) is 1. The number of rotatable bonds is 12. The molecule has 0 aliphatic carbocycles. The predicted octanol–water partition coefficient (Wildman–Crippen LogP) is 6.67.